The zero-order valence-electron chi connectivity index (χ0n) is 10.5. The average Bonchev–Trinajstić information content (AvgIpc) is 2.89. The van der Waals surface area contributed by atoms with Gasteiger partial charge in [0.15, 0.2) is 0 Å². The molecule has 1 fully saturated rings. The Labute approximate surface area is 107 Å². The Hall–Kier alpha value is -1.62. The van der Waals surface area contributed by atoms with Gasteiger partial charge in [-0.05, 0) is 43.9 Å². The van der Waals surface area contributed by atoms with E-state index in [-0.39, 0.29) is 10.6 Å². The Morgan fingerprint density at radius 2 is 2.06 bits per heavy atom. The van der Waals surface area contributed by atoms with Gasteiger partial charge in [-0.1, -0.05) is 6.07 Å². The summed E-state index contributed by atoms with van der Waals surface area (Å²) in [6.07, 6.45) is 3.90. The highest BCUT2D eigenvalue weighted by Gasteiger charge is 2.22. The van der Waals surface area contributed by atoms with Crippen molar-refractivity contribution in [2.24, 2.45) is 5.73 Å². The summed E-state index contributed by atoms with van der Waals surface area (Å²) in [5.41, 5.74) is 7.44. The molecule has 1 saturated heterocycles. The van der Waals surface area contributed by atoms with E-state index in [1.165, 1.54) is 0 Å². The maximum absolute atomic E-state index is 11.2. The van der Waals surface area contributed by atoms with Gasteiger partial charge in [-0.25, -0.2) is 0 Å². The molecule has 1 heterocycles. The zero-order chi connectivity index (χ0) is 13.0. The van der Waals surface area contributed by atoms with Crippen molar-refractivity contribution in [2.75, 3.05) is 24.5 Å². The van der Waals surface area contributed by atoms with Crippen molar-refractivity contribution in [1.29, 1.82) is 0 Å². The van der Waals surface area contributed by atoms with E-state index in [4.69, 9.17) is 5.73 Å². The number of aryl methyl sites for hydroxylation is 1. The minimum absolute atomic E-state index is 0.228. The molecule has 1 aromatic carbocycles. The maximum atomic E-state index is 11.2. The van der Waals surface area contributed by atoms with Gasteiger partial charge >= 0.3 is 0 Å². The predicted octanol–water partition coefficient (Wildman–Crippen LogP) is 2.09. The topological polar surface area (TPSA) is 72.4 Å². The SMILES string of the molecule is NCCCc1ccc(N2CCCC2)c([N+](=O)[O-])c1. The van der Waals surface area contributed by atoms with Crippen LogP contribution in [0.25, 0.3) is 0 Å². The monoisotopic (exact) mass is 249 g/mol. The molecule has 0 aromatic heterocycles. The first-order valence-electron chi connectivity index (χ1n) is 6.44. The van der Waals surface area contributed by atoms with Gasteiger partial charge in [0.2, 0.25) is 0 Å². The number of nitro groups is 1. The van der Waals surface area contributed by atoms with Crippen molar-refractivity contribution in [3.8, 4) is 0 Å². The minimum Gasteiger partial charge on any atom is -0.366 e. The number of hydrogen-bond donors (Lipinski definition) is 1. The normalized spacial score (nSPS) is 15.1. The Morgan fingerprint density at radius 1 is 1.33 bits per heavy atom. The molecule has 1 aliphatic heterocycles. The zero-order valence-corrected chi connectivity index (χ0v) is 10.5. The van der Waals surface area contributed by atoms with Gasteiger partial charge in [-0.2, -0.15) is 0 Å². The summed E-state index contributed by atoms with van der Waals surface area (Å²) in [5, 5.41) is 11.2. The molecule has 0 amide bonds. The molecule has 18 heavy (non-hydrogen) atoms. The van der Waals surface area contributed by atoms with Crippen molar-refractivity contribution in [1.82, 2.24) is 0 Å². The Morgan fingerprint density at radius 3 is 2.67 bits per heavy atom. The minimum atomic E-state index is -0.278. The van der Waals surface area contributed by atoms with Crippen LogP contribution in [-0.2, 0) is 6.42 Å². The van der Waals surface area contributed by atoms with E-state index in [1.807, 2.05) is 12.1 Å². The molecule has 2 rings (SSSR count). The van der Waals surface area contributed by atoms with Crippen molar-refractivity contribution < 1.29 is 4.92 Å². The van der Waals surface area contributed by atoms with Gasteiger partial charge in [-0.15, -0.1) is 0 Å². The van der Waals surface area contributed by atoms with Gasteiger partial charge < -0.3 is 10.6 Å². The van der Waals surface area contributed by atoms with Crippen LogP contribution in [0.2, 0.25) is 0 Å². The highest BCUT2D eigenvalue weighted by Crippen LogP contribution is 2.31. The number of nitro benzene ring substituents is 1. The van der Waals surface area contributed by atoms with Gasteiger partial charge in [-0.3, -0.25) is 10.1 Å². The van der Waals surface area contributed by atoms with Crippen molar-refractivity contribution in [3.63, 3.8) is 0 Å². The van der Waals surface area contributed by atoms with Crippen molar-refractivity contribution in [2.45, 2.75) is 25.7 Å². The number of anilines is 1. The van der Waals surface area contributed by atoms with E-state index < -0.39 is 0 Å². The number of nitrogens with zero attached hydrogens (tertiary/aromatic N) is 2. The number of rotatable bonds is 5. The highest BCUT2D eigenvalue weighted by atomic mass is 16.6. The van der Waals surface area contributed by atoms with Crippen LogP contribution in [0.3, 0.4) is 0 Å². The molecule has 0 aliphatic carbocycles. The molecule has 1 aliphatic rings. The lowest BCUT2D eigenvalue weighted by atomic mass is 10.1. The molecule has 0 atom stereocenters. The van der Waals surface area contributed by atoms with Crippen LogP contribution in [0.15, 0.2) is 18.2 Å². The molecule has 1 aromatic rings. The van der Waals surface area contributed by atoms with Gasteiger partial charge in [0.05, 0.1) is 4.92 Å². The number of benzene rings is 1. The predicted molar refractivity (Wildman–Crippen MR) is 71.9 cm³/mol. The van der Waals surface area contributed by atoms with Crippen LogP contribution in [0, 0.1) is 10.1 Å². The maximum Gasteiger partial charge on any atom is 0.292 e. The quantitative estimate of drug-likeness (QED) is 0.640. The van der Waals surface area contributed by atoms with E-state index in [1.54, 1.807) is 6.07 Å². The molecule has 5 heteroatoms. The number of nitrogens with two attached hydrogens (primary N) is 1. The van der Waals surface area contributed by atoms with E-state index in [9.17, 15) is 10.1 Å². The van der Waals surface area contributed by atoms with E-state index in [0.29, 0.717) is 6.54 Å². The molecular weight excluding hydrogens is 230 g/mol. The fourth-order valence-corrected chi connectivity index (χ4v) is 2.40. The molecule has 2 N–H and O–H groups in total. The van der Waals surface area contributed by atoms with Crippen LogP contribution in [0.1, 0.15) is 24.8 Å². The second-order valence-electron chi connectivity index (χ2n) is 4.67. The lowest BCUT2D eigenvalue weighted by Gasteiger charge is -2.17. The lowest BCUT2D eigenvalue weighted by Crippen LogP contribution is -2.19. The van der Waals surface area contributed by atoms with Gasteiger partial charge in [0.25, 0.3) is 5.69 Å². The third-order valence-corrected chi connectivity index (χ3v) is 3.35. The first-order valence-corrected chi connectivity index (χ1v) is 6.44. The largest absolute Gasteiger partial charge is 0.366 e. The first-order chi connectivity index (χ1) is 8.72. The van der Waals surface area contributed by atoms with Crippen LogP contribution in [0.4, 0.5) is 11.4 Å². The first kappa shape index (κ1) is 12.8. The van der Waals surface area contributed by atoms with E-state index in [0.717, 1.165) is 50.0 Å². The smallest absolute Gasteiger partial charge is 0.292 e. The summed E-state index contributed by atoms with van der Waals surface area (Å²) in [4.78, 5) is 13.0. The standard InChI is InChI=1S/C13H19N3O2/c14-7-3-4-11-5-6-12(13(10-11)16(17)18)15-8-1-2-9-15/h5-6,10H,1-4,7-9,14H2. The van der Waals surface area contributed by atoms with Gasteiger partial charge in [0, 0.05) is 19.2 Å². The summed E-state index contributed by atoms with van der Waals surface area (Å²) in [7, 11) is 0. The second-order valence-corrected chi connectivity index (χ2v) is 4.67. The summed E-state index contributed by atoms with van der Waals surface area (Å²) >= 11 is 0. The van der Waals surface area contributed by atoms with Crippen molar-refractivity contribution in [3.05, 3.63) is 33.9 Å². The van der Waals surface area contributed by atoms with Crippen LogP contribution < -0.4 is 10.6 Å². The van der Waals surface area contributed by atoms with E-state index >= 15 is 0 Å². The highest BCUT2D eigenvalue weighted by molar-refractivity contribution is 5.64. The molecule has 0 radical (unpaired) electrons. The average molecular weight is 249 g/mol. The van der Waals surface area contributed by atoms with Crippen LogP contribution in [0.5, 0.6) is 0 Å². The summed E-state index contributed by atoms with van der Waals surface area (Å²) in [6, 6.07) is 5.56. The van der Waals surface area contributed by atoms with Crippen molar-refractivity contribution >= 4 is 11.4 Å². The molecular formula is C13H19N3O2. The molecule has 0 unspecified atom stereocenters. The second kappa shape index (κ2) is 5.82. The Kier molecular flexibility index (Phi) is 4.15. The molecule has 98 valence electrons. The molecule has 5 nitrogen and oxygen atoms in total. The van der Waals surface area contributed by atoms with E-state index in [2.05, 4.69) is 4.90 Å². The Bertz CT molecular complexity index is 428. The van der Waals surface area contributed by atoms with Crippen LogP contribution >= 0.6 is 0 Å². The fraction of sp³-hybridized carbons (Fsp3) is 0.538. The molecule has 0 spiro atoms. The Balaban J connectivity index is 2.25. The summed E-state index contributed by atoms with van der Waals surface area (Å²) in [6.45, 7) is 2.45. The summed E-state index contributed by atoms with van der Waals surface area (Å²) < 4.78 is 0. The third-order valence-electron chi connectivity index (χ3n) is 3.35. The third kappa shape index (κ3) is 2.79. The fourth-order valence-electron chi connectivity index (χ4n) is 2.40. The molecule has 0 saturated carbocycles. The summed E-state index contributed by atoms with van der Waals surface area (Å²) in [5.74, 6) is 0. The van der Waals surface area contributed by atoms with Gasteiger partial charge in [0.1, 0.15) is 5.69 Å². The number of hydrogen-bond acceptors (Lipinski definition) is 4. The van der Waals surface area contributed by atoms with Crippen LogP contribution in [-0.4, -0.2) is 24.6 Å². The lowest BCUT2D eigenvalue weighted by molar-refractivity contribution is -0.384. The molecule has 0 bridgehead atoms.